The fourth-order valence-corrected chi connectivity index (χ4v) is 3.59. The van der Waals surface area contributed by atoms with Crippen molar-refractivity contribution < 1.29 is 12.8 Å². The van der Waals surface area contributed by atoms with Crippen molar-refractivity contribution in [3.05, 3.63) is 51.7 Å². The van der Waals surface area contributed by atoms with E-state index in [1.165, 1.54) is 6.07 Å². The van der Waals surface area contributed by atoms with Gasteiger partial charge >= 0.3 is 0 Å². The Morgan fingerprint density at radius 1 is 1.14 bits per heavy atom. The molecule has 0 aromatic heterocycles. The first-order valence-corrected chi connectivity index (χ1v) is 8.33. The number of nitrogens with one attached hydrogen (secondary N) is 1. The number of anilines is 2. The molecule has 0 aliphatic heterocycles. The van der Waals surface area contributed by atoms with E-state index in [2.05, 4.69) is 20.7 Å². The number of hydrogen-bond donors (Lipinski definition) is 2. The molecule has 0 atom stereocenters. The Balaban J connectivity index is 2.45. The van der Waals surface area contributed by atoms with Crippen molar-refractivity contribution >= 4 is 37.3 Å². The average molecular weight is 373 g/mol. The minimum absolute atomic E-state index is 0.00274. The van der Waals surface area contributed by atoms with Gasteiger partial charge in [-0.2, -0.15) is 0 Å². The first kappa shape index (κ1) is 15.8. The molecule has 0 saturated carbocycles. The molecule has 112 valence electrons. The van der Waals surface area contributed by atoms with Gasteiger partial charge < -0.3 is 5.73 Å². The molecule has 4 nitrogen and oxygen atoms in total. The van der Waals surface area contributed by atoms with Gasteiger partial charge in [-0.3, -0.25) is 4.72 Å². The van der Waals surface area contributed by atoms with E-state index in [9.17, 15) is 12.8 Å². The van der Waals surface area contributed by atoms with E-state index < -0.39 is 20.7 Å². The van der Waals surface area contributed by atoms with Crippen LogP contribution in [0.15, 0.2) is 39.7 Å². The molecular formula is C14H14BrFN2O2S. The molecule has 3 N–H and O–H groups in total. The number of nitrogens with two attached hydrogens (primary N) is 1. The van der Waals surface area contributed by atoms with Crippen LogP contribution in [0, 0.1) is 19.7 Å². The van der Waals surface area contributed by atoms with E-state index in [0.717, 1.165) is 17.2 Å². The summed E-state index contributed by atoms with van der Waals surface area (Å²) in [5.74, 6) is -0.875. The minimum atomic E-state index is -4.05. The quantitative estimate of drug-likeness (QED) is 0.808. The van der Waals surface area contributed by atoms with Gasteiger partial charge in [0.15, 0.2) is 5.82 Å². The number of nitrogen functional groups attached to an aromatic ring is 1. The second kappa shape index (κ2) is 5.65. The number of benzene rings is 2. The molecule has 0 amide bonds. The third kappa shape index (κ3) is 3.36. The lowest BCUT2D eigenvalue weighted by molar-refractivity contribution is 0.567. The zero-order valence-electron chi connectivity index (χ0n) is 11.4. The zero-order valence-corrected chi connectivity index (χ0v) is 13.8. The maximum absolute atomic E-state index is 14.0. The van der Waals surface area contributed by atoms with Crippen molar-refractivity contribution in [2.45, 2.75) is 18.7 Å². The van der Waals surface area contributed by atoms with Crippen LogP contribution >= 0.6 is 15.9 Å². The van der Waals surface area contributed by atoms with Crippen molar-refractivity contribution in [1.29, 1.82) is 0 Å². The second-order valence-corrected chi connectivity index (χ2v) is 7.22. The van der Waals surface area contributed by atoms with Crippen LogP contribution in [-0.4, -0.2) is 8.42 Å². The van der Waals surface area contributed by atoms with Crippen LogP contribution in [0.4, 0.5) is 15.8 Å². The average Bonchev–Trinajstić information content (AvgIpc) is 2.37. The normalized spacial score (nSPS) is 11.4. The maximum atomic E-state index is 14.0. The molecule has 2 aromatic rings. The summed E-state index contributed by atoms with van der Waals surface area (Å²) >= 11 is 2.95. The summed E-state index contributed by atoms with van der Waals surface area (Å²) in [6.45, 7) is 3.78. The monoisotopic (exact) mass is 372 g/mol. The van der Waals surface area contributed by atoms with Gasteiger partial charge in [0.2, 0.25) is 0 Å². The predicted molar refractivity (Wildman–Crippen MR) is 85.2 cm³/mol. The van der Waals surface area contributed by atoms with Crippen LogP contribution < -0.4 is 10.5 Å². The number of aryl methyl sites for hydroxylation is 2. The molecular weight excluding hydrogens is 359 g/mol. The van der Waals surface area contributed by atoms with Crippen LogP contribution in [0.5, 0.6) is 0 Å². The molecule has 0 radical (unpaired) electrons. The van der Waals surface area contributed by atoms with Crippen molar-refractivity contribution in [2.75, 3.05) is 10.5 Å². The number of rotatable bonds is 3. The van der Waals surface area contributed by atoms with Gasteiger partial charge in [0.1, 0.15) is 4.90 Å². The van der Waals surface area contributed by atoms with Crippen LogP contribution in [0.2, 0.25) is 0 Å². The summed E-state index contributed by atoms with van der Waals surface area (Å²) in [5, 5.41) is 0. The molecule has 2 aromatic carbocycles. The lowest BCUT2D eigenvalue weighted by atomic mass is 10.1. The molecule has 21 heavy (non-hydrogen) atoms. The summed E-state index contributed by atoms with van der Waals surface area (Å²) in [6.07, 6.45) is 0. The van der Waals surface area contributed by atoms with E-state index in [-0.39, 0.29) is 10.2 Å². The maximum Gasteiger partial charge on any atom is 0.264 e. The second-order valence-electron chi connectivity index (χ2n) is 4.72. The van der Waals surface area contributed by atoms with Crippen molar-refractivity contribution in [2.24, 2.45) is 0 Å². The van der Waals surface area contributed by atoms with Gasteiger partial charge in [-0.25, -0.2) is 12.8 Å². The molecule has 0 saturated heterocycles. The summed E-state index contributed by atoms with van der Waals surface area (Å²) in [7, 11) is -4.05. The molecule has 0 spiro atoms. The number of sulfonamides is 1. The molecule has 0 heterocycles. The van der Waals surface area contributed by atoms with E-state index >= 15 is 0 Å². The first-order valence-electron chi connectivity index (χ1n) is 6.05. The molecule has 0 unspecified atom stereocenters. The zero-order chi connectivity index (χ0) is 15.8. The molecule has 0 bridgehead atoms. The Morgan fingerprint density at radius 3 is 2.43 bits per heavy atom. The third-order valence-electron chi connectivity index (χ3n) is 3.07. The Kier molecular flexibility index (Phi) is 4.25. The molecule has 2 rings (SSSR count). The molecule has 0 fully saturated rings. The fourth-order valence-electron chi connectivity index (χ4n) is 1.79. The number of hydrogen-bond acceptors (Lipinski definition) is 3. The molecule has 7 heteroatoms. The van der Waals surface area contributed by atoms with Gasteiger partial charge in [-0.05, 0) is 65.2 Å². The van der Waals surface area contributed by atoms with Crippen LogP contribution in [-0.2, 0) is 10.0 Å². The van der Waals surface area contributed by atoms with E-state index in [1.54, 1.807) is 18.2 Å². The standard InChI is InChI=1S/C14H14BrFN2O2S/c1-8-3-4-11(5-9(8)2)18-21(19,20)13-7-10(17)6-12(15)14(13)16/h3-7,18H,17H2,1-2H3. The highest BCUT2D eigenvalue weighted by Gasteiger charge is 2.22. The molecule has 0 aliphatic rings. The summed E-state index contributed by atoms with van der Waals surface area (Å²) in [5.41, 5.74) is 8.07. The van der Waals surface area contributed by atoms with Crippen molar-refractivity contribution in [1.82, 2.24) is 0 Å². The topological polar surface area (TPSA) is 72.2 Å². The van der Waals surface area contributed by atoms with E-state index in [1.807, 2.05) is 13.8 Å². The SMILES string of the molecule is Cc1ccc(NS(=O)(=O)c2cc(N)cc(Br)c2F)cc1C. The summed E-state index contributed by atoms with van der Waals surface area (Å²) in [6, 6.07) is 7.50. The highest BCUT2D eigenvalue weighted by atomic mass is 79.9. The van der Waals surface area contributed by atoms with Crippen molar-refractivity contribution in [3.63, 3.8) is 0 Å². The Morgan fingerprint density at radius 2 is 1.81 bits per heavy atom. The smallest absolute Gasteiger partial charge is 0.264 e. The third-order valence-corrected chi connectivity index (χ3v) is 5.02. The predicted octanol–water partition coefficient (Wildman–Crippen LogP) is 3.59. The van der Waals surface area contributed by atoms with Gasteiger partial charge in [0.25, 0.3) is 10.0 Å². The van der Waals surface area contributed by atoms with Gasteiger partial charge in [0, 0.05) is 11.4 Å². The fraction of sp³-hybridized carbons (Fsp3) is 0.143. The summed E-state index contributed by atoms with van der Waals surface area (Å²) in [4.78, 5) is -0.493. The highest BCUT2D eigenvalue weighted by molar-refractivity contribution is 9.10. The lowest BCUT2D eigenvalue weighted by Gasteiger charge is -2.11. The van der Waals surface area contributed by atoms with Gasteiger partial charge in [-0.15, -0.1) is 0 Å². The minimum Gasteiger partial charge on any atom is -0.399 e. The van der Waals surface area contributed by atoms with Gasteiger partial charge in [-0.1, -0.05) is 6.07 Å². The van der Waals surface area contributed by atoms with Crippen LogP contribution in [0.1, 0.15) is 11.1 Å². The van der Waals surface area contributed by atoms with Crippen LogP contribution in [0.25, 0.3) is 0 Å². The number of halogens is 2. The van der Waals surface area contributed by atoms with Gasteiger partial charge in [0.05, 0.1) is 4.47 Å². The lowest BCUT2D eigenvalue weighted by Crippen LogP contribution is -2.15. The van der Waals surface area contributed by atoms with Crippen molar-refractivity contribution in [3.8, 4) is 0 Å². The Bertz CT molecular complexity index is 807. The largest absolute Gasteiger partial charge is 0.399 e. The Hall–Kier alpha value is -1.60. The first-order chi connectivity index (χ1) is 9.70. The van der Waals surface area contributed by atoms with E-state index in [0.29, 0.717) is 5.69 Å². The summed E-state index contributed by atoms with van der Waals surface area (Å²) < 4.78 is 40.9. The van der Waals surface area contributed by atoms with Crippen LogP contribution in [0.3, 0.4) is 0 Å². The molecule has 0 aliphatic carbocycles. The van der Waals surface area contributed by atoms with E-state index in [4.69, 9.17) is 5.73 Å². The highest BCUT2D eigenvalue weighted by Crippen LogP contribution is 2.28. The Labute approximate surface area is 131 Å².